The SMILES string of the molecule is CCC(C)C(=O)N1CCN(C(=O)Cn2cc3cc(NC(=O)c4cccc(C)n4)c(OC(C)C)cc3n2)CC1. The molecule has 3 amide bonds. The maximum Gasteiger partial charge on any atom is 0.274 e. The molecule has 3 aromatic rings. The second-order valence-electron chi connectivity index (χ2n) is 10.0. The molecule has 0 spiro atoms. The smallest absolute Gasteiger partial charge is 0.274 e. The van der Waals surface area contributed by atoms with Crippen molar-refractivity contribution in [3.05, 3.63) is 47.9 Å². The number of nitrogens with one attached hydrogen (secondary N) is 1. The number of rotatable bonds is 8. The number of nitrogens with zero attached hydrogens (tertiary/aromatic N) is 5. The minimum absolute atomic E-state index is 0.000990. The first-order valence-corrected chi connectivity index (χ1v) is 13.1. The van der Waals surface area contributed by atoms with Crippen LogP contribution in [-0.4, -0.2) is 74.6 Å². The van der Waals surface area contributed by atoms with Crippen molar-refractivity contribution < 1.29 is 19.1 Å². The van der Waals surface area contributed by atoms with E-state index in [1.54, 1.807) is 40.0 Å². The highest BCUT2D eigenvalue weighted by Crippen LogP contribution is 2.31. The molecular formula is C28H36N6O4. The molecule has 10 heteroatoms. The molecule has 1 atom stereocenters. The molecule has 0 saturated carbocycles. The number of hydrogen-bond acceptors (Lipinski definition) is 6. The Balaban J connectivity index is 1.48. The Morgan fingerprint density at radius 3 is 2.42 bits per heavy atom. The third-order valence-electron chi connectivity index (χ3n) is 6.66. The molecule has 1 unspecified atom stereocenters. The van der Waals surface area contributed by atoms with Crippen LogP contribution in [0.5, 0.6) is 5.75 Å². The van der Waals surface area contributed by atoms with Crippen molar-refractivity contribution >= 4 is 34.3 Å². The number of anilines is 1. The van der Waals surface area contributed by atoms with Gasteiger partial charge in [-0.15, -0.1) is 0 Å². The summed E-state index contributed by atoms with van der Waals surface area (Å²) in [5, 5.41) is 8.26. The van der Waals surface area contributed by atoms with Crippen LogP contribution in [0.2, 0.25) is 0 Å². The van der Waals surface area contributed by atoms with Crippen molar-refractivity contribution in [2.75, 3.05) is 31.5 Å². The minimum Gasteiger partial charge on any atom is -0.489 e. The van der Waals surface area contributed by atoms with Crippen LogP contribution in [0.3, 0.4) is 0 Å². The molecule has 202 valence electrons. The third-order valence-corrected chi connectivity index (χ3v) is 6.66. The van der Waals surface area contributed by atoms with Gasteiger partial charge in [-0.2, -0.15) is 5.10 Å². The van der Waals surface area contributed by atoms with Crippen LogP contribution in [0.15, 0.2) is 36.5 Å². The fourth-order valence-corrected chi connectivity index (χ4v) is 4.39. The molecule has 0 radical (unpaired) electrons. The topological polar surface area (TPSA) is 110 Å². The Labute approximate surface area is 222 Å². The molecule has 1 aliphatic heterocycles. The van der Waals surface area contributed by atoms with Gasteiger partial charge in [-0.25, -0.2) is 4.98 Å². The van der Waals surface area contributed by atoms with Gasteiger partial charge in [0.25, 0.3) is 5.91 Å². The first-order chi connectivity index (χ1) is 18.1. The highest BCUT2D eigenvalue weighted by atomic mass is 16.5. The molecule has 3 heterocycles. The van der Waals surface area contributed by atoms with Crippen LogP contribution >= 0.6 is 0 Å². The maximum absolute atomic E-state index is 13.0. The third kappa shape index (κ3) is 6.30. The van der Waals surface area contributed by atoms with Gasteiger partial charge in [0, 0.05) is 55.4 Å². The summed E-state index contributed by atoms with van der Waals surface area (Å²) >= 11 is 0. The fourth-order valence-electron chi connectivity index (χ4n) is 4.39. The van der Waals surface area contributed by atoms with Crippen molar-refractivity contribution in [2.24, 2.45) is 5.92 Å². The summed E-state index contributed by atoms with van der Waals surface area (Å²) in [6, 6.07) is 8.85. The van der Waals surface area contributed by atoms with Gasteiger partial charge in [0.2, 0.25) is 11.8 Å². The van der Waals surface area contributed by atoms with E-state index in [0.717, 1.165) is 17.5 Å². The lowest BCUT2D eigenvalue weighted by atomic mass is 10.1. The molecule has 38 heavy (non-hydrogen) atoms. The molecule has 0 bridgehead atoms. The molecule has 1 saturated heterocycles. The second kappa shape index (κ2) is 11.6. The zero-order valence-electron chi connectivity index (χ0n) is 22.7. The van der Waals surface area contributed by atoms with Crippen molar-refractivity contribution in [3.8, 4) is 5.75 Å². The zero-order valence-corrected chi connectivity index (χ0v) is 22.7. The van der Waals surface area contributed by atoms with Crippen LogP contribution in [0.4, 0.5) is 5.69 Å². The number of amides is 3. The van der Waals surface area contributed by atoms with E-state index < -0.39 is 0 Å². The number of ether oxygens (including phenoxy) is 1. The van der Waals surface area contributed by atoms with E-state index in [2.05, 4.69) is 15.4 Å². The van der Waals surface area contributed by atoms with E-state index in [-0.39, 0.29) is 36.3 Å². The highest BCUT2D eigenvalue weighted by molar-refractivity contribution is 6.05. The summed E-state index contributed by atoms with van der Waals surface area (Å²) in [4.78, 5) is 46.2. The summed E-state index contributed by atoms with van der Waals surface area (Å²) in [7, 11) is 0. The van der Waals surface area contributed by atoms with Gasteiger partial charge < -0.3 is 19.9 Å². The van der Waals surface area contributed by atoms with Crippen molar-refractivity contribution in [1.29, 1.82) is 0 Å². The van der Waals surface area contributed by atoms with E-state index in [1.165, 1.54) is 0 Å². The Hall–Kier alpha value is -3.95. The number of piperazine rings is 1. The van der Waals surface area contributed by atoms with Crippen molar-refractivity contribution in [1.82, 2.24) is 24.6 Å². The number of hydrogen-bond donors (Lipinski definition) is 1. The Morgan fingerprint density at radius 1 is 1.05 bits per heavy atom. The molecule has 4 rings (SSSR count). The van der Waals surface area contributed by atoms with Gasteiger partial charge >= 0.3 is 0 Å². The van der Waals surface area contributed by atoms with Gasteiger partial charge in [0.1, 0.15) is 18.0 Å². The summed E-state index contributed by atoms with van der Waals surface area (Å²) in [6.45, 7) is 11.8. The van der Waals surface area contributed by atoms with E-state index in [4.69, 9.17) is 4.74 Å². The lowest BCUT2D eigenvalue weighted by Gasteiger charge is -2.35. The van der Waals surface area contributed by atoms with Gasteiger partial charge in [0.15, 0.2) is 0 Å². The average molecular weight is 521 g/mol. The number of benzene rings is 1. The fraction of sp³-hybridized carbons (Fsp3) is 0.464. The first-order valence-electron chi connectivity index (χ1n) is 13.1. The van der Waals surface area contributed by atoms with Gasteiger partial charge in [-0.3, -0.25) is 19.1 Å². The molecule has 1 N–H and O–H groups in total. The van der Waals surface area contributed by atoms with Crippen molar-refractivity contribution in [3.63, 3.8) is 0 Å². The van der Waals surface area contributed by atoms with Gasteiger partial charge in [-0.05, 0) is 45.4 Å². The Kier molecular flexibility index (Phi) is 8.29. The quantitative estimate of drug-likeness (QED) is 0.487. The summed E-state index contributed by atoms with van der Waals surface area (Å²) < 4.78 is 7.57. The second-order valence-corrected chi connectivity index (χ2v) is 10.0. The number of carbonyl (C=O) groups is 3. The van der Waals surface area contributed by atoms with Crippen LogP contribution in [0.1, 0.15) is 50.3 Å². The van der Waals surface area contributed by atoms with Crippen LogP contribution in [0.25, 0.3) is 10.9 Å². The largest absolute Gasteiger partial charge is 0.489 e. The molecular weight excluding hydrogens is 484 g/mol. The standard InChI is InChI=1S/C28H36N6O4/c1-6-19(4)28(37)33-12-10-32(11-13-33)26(35)17-34-16-21-14-24(25(38-18(2)3)15-23(21)31-34)30-27(36)22-9-7-8-20(5)29-22/h7-9,14-16,18-19H,6,10-13,17H2,1-5H3,(H,30,36). The molecule has 0 aliphatic carbocycles. The van der Waals surface area contributed by atoms with E-state index in [9.17, 15) is 14.4 Å². The number of fused-ring (bicyclic) bond motifs is 1. The van der Waals surface area contributed by atoms with Crippen LogP contribution in [-0.2, 0) is 16.1 Å². The van der Waals surface area contributed by atoms with Gasteiger partial charge in [0.05, 0.1) is 17.3 Å². The average Bonchev–Trinajstić information content (AvgIpc) is 3.28. The van der Waals surface area contributed by atoms with E-state index in [0.29, 0.717) is 48.8 Å². The maximum atomic E-state index is 13.0. The molecule has 1 fully saturated rings. The zero-order chi connectivity index (χ0) is 27.4. The predicted octanol–water partition coefficient (Wildman–Crippen LogP) is 3.50. The summed E-state index contributed by atoms with van der Waals surface area (Å²) in [5.41, 5.74) is 2.23. The van der Waals surface area contributed by atoms with E-state index in [1.807, 2.05) is 45.6 Å². The molecule has 1 aromatic carbocycles. The van der Waals surface area contributed by atoms with Gasteiger partial charge in [-0.1, -0.05) is 19.9 Å². The number of aryl methyl sites for hydroxylation is 1. The first kappa shape index (κ1) is 27.1. The lowest BCUT2D eigenvalue weighted by molar-refractivity contribution is -0.142. The molecule has 1 aliphatic rings. The minimum atomic E-state index is -0.338. The lowest BCUT2D eigenvalue weighted by Crippen LogP contribution is -2.52. The highest BCUT2D eigenvalue weighted by Gasteiger charge is 2.26. The Morgan fingerprint density at radius 2 is 1.76 bits per heavy atom. The molecule has 10 nitrogen and oxygen atoms in total. The summed E-state index contributed by atoms with van der Waals surface area (Å²) in [5.74, 6) is 0.257. The van der Waals surface area contributed by atoms with Crippen molar-refractivity contribution in [2.45, 2.75) is 53.7 Å². The predicted molar refractivity (Wildman–Crippen MR) is 145 cm³/mol. The Bertz CT molecular complexity index is 1330. The number of aromatic nitrogens is 3. The van der Waals surface area contributed by atoms with E-state index >= 15 is 0 Å². The number of carbonyl (C=O) groups excluding carboxylic acids is 3. The summed E-state index contributed by atoms with van der Waals surface area (Å²) in [6.07, 6.45) is 2.48. The normalized spacial score (nSPS) is 14.6. The molecule has 2 aromatic heterocycles. The van der Waals surface area contributed by atoms with Crippen LogP contribution in [0, 0.1) is 12.8 Å². The monoisotopic (exact) mass is 520 g/mol. The van der Waals surface area contributed by atoms with Crippen LogP contribution < -0.4 is 10.1 Å². The number of pyridine rings is 1.